The number of Topliss-reactive ketones (excluding diaryl/α,β-unsaturated/α-hetero) is 2. The topological polar surface area (TPSA) is 72.8 Å². The Hall–Kier alpha value is -1.82. The van der Waals surface area contributed by atoms with Crippen LogP contribution in [-0.2, 0) is 19.1 Å². The lowest BCUT2D eigenvalue weighted by Gasteiger charge is -2.25. The lowest BCUT2D eigenvalue weighted by atomic mass is 9.87. The summed E-state index contributed by atoms with van der Waals surface area (Å²) in [5.74, 6) is -0.417. The number of carbonyl (C=O) groups excluding carboxylic acids is 2. The molecule has 0 aromatic heterocycles. The van der Waals surface area contributed by atoms with Crippen LogP contribution in [0.15, 0.2) is 47.6 Å². The van der Waals surface area contributed by atoms with Gasteiger partial charge >= 0.3 is 0 Å². The van der Waals surface area contributed by atoms with Crippen molar-refractivity contribution in [1.29, 1.82) is 0 Å². The fourth-order valence-electron chi connectivity index (χ4n) is 3.89. The molecular formula is C28H46O5. The zero-order chi connectivity index (χ0) is 25.6. The number of hydrogen-bond acceptors (Lipinski definition) is 5. The van der Waals surface area contributed by atoms with E-state index in [2.05, 4.69) is 26.8 Å². The third-order valence-corrected chi connectivity index (χ3v) is 6.05. The smallest absolute Gasteiger partial charge is 0.167 e. The van der Waals surface area contributed by atoms with Gasteiger partial charge in [-0.15, -0.1) is 0 Å². The van der Waals surface area contributed by atoms with Crippen LogP contribution in [0.3, 0.4) is 0 Å². The fourth-order valence-corrected chi connectivity index (χ4v) is 3.89. The molecule has 0 amide bonds. The van der Waals surface area contributed by atoms with E-state index in [4.69, 9.17) is 9.47 Å². The number of rotatable bonds is 16. The van der Waals surface area contributed by atoms with Crippen molar-refractivity contribution < 1.29 is 24.2 Å². The molecule has 33 heavy (non-hydrogen) atoms. The van der Waals surface area contributed by atoms with Gasteiger partial charge in [0, 0.05) is 32.5 Å². The van der Waals surface area contributed by atoms with Crippen molar-refractivity contribution in [3.05, 3.63) is 47.6 Å². The highest BCUT2D eigenvalue weighted by atomic mass is 16.5. The van der Waals surface area contributed by atoms with Gasteiger partial charge in [-0.25, -0.2) is 0 Å². The fraction of sp³-hybridized carbons (Fsp3) is 0.643. The number of carbonyl (C=O) groups is 2. The van der Waals surface area contributed by atoms with Gasteiger partial charge in [-0.1, -0.05) is 71.1 Å². The molecule has 0 fully saturated rings. The summed E-state index contributed by atoms with van der Waals surface area (Å²) in [6.07, 6.45) is 12.0. The summed E-state index contributed by atoms with van der Waals surface area (Å²) in [5.41, 5.74) is 1.76. The van der Waals surface area contributed by atoms with Crippen molar-refractivity contribution >= 4 is 11.6 Å². The molecule has 1 N–H and O–H groups in total. The Balaban J connectivity index is 5.00. The summed E-state index contributed by atoms with van der Waals surface area (Å²) in [6, 6.07) is 0. The Kier molecular flexibility index (Phi) is 15.8. The Bertz CT molecular complexity index is 712. The van der Waals surface area contributed by atoms with Gasteiger partial charge < -0.3 is 14.6 Å². The maximum Gasteiger partial charge on any atom is 0.167 e. The number of ketones is 2. The quantitative estimate of drug-likeness (QED) is 0.237. The van der Waals surface area contributed by atoms with E-state index in [0.717, 1.165) is 6.42 Å². The minimum absolute atomic E-state index is 0.0967. The van der Waals surface area contributed by atoms with Crippen molar-refractivity contribution in [3.63, 3.8) is 0 Å². The standard InChI is InChI=1S/C28H46O5/c1-10-24(29)21(5)18-23(7)27(31)28(33-9)26(30)22(6)17-19(3)15-13-12-14-16-20(4)25(11-2)32-8/h12-16,18-19,21-22,25,27-28,31H,10-11,17H2,1-9H3/b14-12+,15-13+,20-16+,23-18+/t19-,21-,22-,25+,27-,28+/m1/s1. The highest BCUT2D eigenvalue weighted by Gasteiger charge is 2.31. The van der Waals surface area contributed by atoms with Gasteiger partial charge in [0.15, 0.2) is 5.78 Å². The predicted molar refractivity (Wildman–Crippen MR) is 136 cm³/mol. The molecule has 188 valence electrons. The number of aliphatic hydroxyl groups excluding tert-OH is 1. The third kappa shape index (κ3) is 11.2. The third-order valence-electron chi connectivity index (χ3n) is 6.05. The van der Waals surface area contributed by atoms with Crippen LogP contribution >= 0.6 is 0 Å². The van der Waals surface area contributed by atoms with Gasteiger partial charge in [0.2, 0.25) is 0 Å². The monoisotopic (exact) mass is 462 g/mol. The van der Waals surface area contributed by atoms with Crippen LogP contribution in [-0.4, -0.2) is 49.2 Å². The molecule has 0 aromatic carbocycles. The van der Waals surface area contributed by atoms with E-state index in [1.165, 1.54) is 12.7 Å². The molecule has 0 aliphatic heterocycles. The first-order valence-corrected chi connectivity index (χ1v) is 12.0. The Morgan fingerprint density at radius 2 is 1.58 bits per heavy atom. The van der Waals surface area contributed by atoms with Crippen molar-refractivity contribution in [2.45, 2.75) is 86.0 Å². The zero-order valence-corrected chi connectivity index (χ0v) is 22.1. The minimum atomic E-state index is -1.07. The molecule has 0 heterocycles. The van der Waals surface area contributed by atoms with E-state index < -0.39 is 12.2 Å². The SMILES string of the molecule is CCC(=O)[C@H](C)/C=C(\C)[C@@H](O)[C@@H](OC)C(=O)[C@H](C)C[C@H](C)/C=C/C=C/C=C(\C)[C@H](CC)OC. The molecule has 0 aliphatic rings. The van der Waals surface area contributed by atoms with Gasteiger partial charge in [-0.2, -0.15) is 0 Å². The highest BCUT2D eigenvalue weighted by Crippen LogP contribution is 2.21. The number of ether oxygens (including phenoxy) is 2. The first kappa shape index (κ1) is 31.2. The van der Waals surface area contributed by atoms with Crippen LogP contribution in [0.25, 0.3) is 0 Å². The van der Waals surface area contributed by atoms with Crippen molar-refractivity contribution in [1.82, 2.24) is 0 Å². The second kappa shape index (κ2) is 16.7. The molecular weight excluding hydrogens is 416 g/mol. The first-order chi connectivity index (χ1) is 15.5. The maximum absolute atomic E-state index is 13.0. The van der Waals surface area contributed by atoms with E-state index in [1.807, 2.05) is 38.2 Å². The first-order valence-electron chi connectivity index (χ1n) is 12.0. The molecule has 0 spiro atoms. The summed E-state index contributed by atoms with van der Waals surface area (Å²) in [4.78, 5) is 24.8. The lowest BCUT2D eigenvalue weighted by Crippen LogP contribution is -2.40. The van der Waals surface area contributed by atoms with Crippen LogP contribution in [0, 0.1) is 17.8 Å². The van der Waals surface area contributed by atoms with E-state index >= 15 is 0 Å². The number of hydrogen-bond donors (Lipinski definition) is 1. The van der Waals surface area contributed by atoms with E-state index in [1.54, 1.807) is 27.0 Å². The van der Waals surface area contributed by atoms with Gasteiger partial charge in [-0.3, -0.25) is 9.59 Å². The summed E-state index contributed by atoms with van der Waals surface area (Å²) in [7, 11) is 3.15. The van der Waals surface area contributed by atoms with Crippen LogP contribution in [0.1, 0.15) is 67.7 Å². The van der Waals surface area contributed by atoms with Gasteiger partial charge in [-0.05, 0) is 43.8 Å². The molecule has 0 saturated heterocycles. The minimum Gasteiger partial charge on any atom is -0.386 e. The van der Waals surface area contributed by atoms with Crippen LogP contribution < -0.4 is 0 Å². The molecule has 0 rings (SSSR count). The normalized spacial score (nSPS) is 18.8. The van der Waals surface area contributed by atoms with Crippen LogP contribution in [0.2, 0.25) is 0 Å². The maximum atomic E-state index is 13.0. The number of methoxy groups -OCH3 is 2. The second-order valence-electron chi connectivity index (χ2n) is 8.95. The van der Waals surface area contributed by atoms with E-state index in [9.17, 15) is 14.7 Å². The van der Waals surface area contributed by atoms with Gasteiger partial charge in [0.1, 0.15) is 18.0 Å². The average Bonchev–Trinajstić information content (AvgIpc) is 2.78. The Labute approximate surface area is 201 Å². The zero-order valence-electron chi connectivity index (χ0n) is 22.1. The number of aliphatic hydroxyl groups is 1. The summed E-state index contributed by atoms with van der Waals surface area (Å²) >= 11 is 0. The summed E-state index contributed by atoms with van der Waals surface area (Å²) in [6.45, 7) is 13.4. The summed E-state index contributed by atoms with van der Waals surface area (Å²) in [5, 5.41) is 10.7. The van der Waals surface area contributed by atoms with E-state index in [0.29, 0.717) is 18.4 Å². The predicted octanol–water partition coefficient (Wildman–Crippen LogP) is 5.64. The van der Waals surface area contributed by atoms with E-state index in [-0.39, 0.29) is 35.4 Å². The van der Waals surface area contributed by atoms with Crippen molar-refractivity contribution in [2.75, 3.05) is 14.2 Å². The number of allylic oxidation sites excluding steroid dienone is 6. The molecule has 6 atom stereocenters. The molecule has 0 aromatic rings. The Morgan fingerprint density at radius 1 is 0.939 bits per heavy atom. The average molecular weight is 463 g/mol. The molecule has 0 radical (unpaired) electrons. The molecule has 0 aliphatic carbocycles. The van der Waals surface area contributed by atoms with Crippen LogP contribution in [0.5, 0.6) is 0 Å². The lowest BCUT2D eigenvalue weighted by molar-refractivity contribution is -0.138. The molecule has 5 nitrogen and oxygen atoms in total. The van der Waals surface area contributed by atoms with Crippen molar-refractivity contribution in [2.24, 2.45) is 17.8 Å². The van der Waals surface area contributed by atoms with Crippen LogP contribution in [0.4, 0.5) is 0 Å². The second-order valence-corrected chi connectivity index (χ2v) is 8.95. The summed E-state index contributed by atoms with van der Waals surface area (Å²) < 4.78 is 10.8. The molecule has 0 saturated carbocycles. The highest BCUT2D eigenvalue weighted by molar-refractivity contribution is 5.86. The molecule has 5 heteroatoms. The van der Waals surface area contributed by atoms with Gasteiger partial charge in [0.05, 0.1) is 6.10 Å². The van der Waals surface area contributed by atoms with Crippen molar-refractivity contribution in [3.8, 4) is 0 Å². The molecule has 0 unspecified atom stereocenters. The van der Waals surface area contributed by atoms with Gasteiger partial charge in [0.25, 0.3) is 0 Å². The Morgan fingerprint density at radius 3 is 2.09 bits per heavy atom. The molecule has 0 bridgehead atoms. The largest absolute Gasteiger partial charge is 0.386 e.